The van der Waals surface area contributed by atoms with E-state index in [1.165, 1.54) is 36.5 Å². The summed E-state index contributed by atoms with van der Waals surface area (Å²) in [5.74, 6) is 3.58. The first-order chi connectivity index (χ1) is 10.8. The van der Waals surface area contributed by atoms with Crippen molar-refractivity contribution in [2.75, 3.05) is 55.8 Å². The van der Waals surface area contributed by atoms with Gasteiger partial charge in [-0.2, -0.15) is 35.3 Å². The van der Waals surface area contributed by atoms with E-state index in [0.717, 1.165) is 39.1 Å². The lowest BCUT2D eigenvalue weighted by atomic mass is 10.2. The molecule has 0 aromatic carbocycles. The summed E-state index contributed by atoms with van der Waals surface area (Å²) >= 11 is 5.64. The van der Waals surface area contributed by atoms with Crippen molar-refractivity contribution in [1.29, 1.82) is 0 Å². The van der Waals surface area contributed by atoms with Crippen LogP contribution in [0.25, 0.3) is 0 Å². The molecule has 0 fully saturated rings. The van der Waals surface area contributed by atoms with E-state index in [2.05, 4.69) is 18.8 Å². The summed E-state index contributed by atoms with van der Waals surface area (Å²) in [6.45, 7) is 2.17. The van der Waals surface area contributed by atoms with Crippen molar-refractivity contribution < 1.29 is 14.0 Å². The van der Waals surface area contributed by atoms with Crippen LogP contribution in [0, 0.1) is 0 Å². The van der Waals surface area contributed by atoms with E-state index in [1.807, 2.05) is 35.3 Å². The average Bonchev–Trinajstić information content (AvgIpc) is 2.53. The molecule has 22 heavy (non-hydrogen) atoms. The lowest BCUT2D eigenvalue weighted by Gasteiger charge is -2.14. The fraction of sp³-hybridized carbons (Fsp3) is 1.00. The maximum absolute atomic E-state index is 5.74. The number of hydrogen-bond donors (Lipinski definition) is 0. The Balaban J connectivity index is 3.72. The maximum Gasteiger partial charge on any atom is 0.639 e. The minimum absolute atomic E-state index is 0.474. The number of hydrogen-bond acceptors (Lipinski definition) is 6. The highest BCUT2D eigenvalue weighted by Gasteiger charge is 2.20. The van der Waals surface area contributed by atoms with Gasteiger partial charge in [0.2, 0.25) is 0 Å². The predicted molar refractivity (Wildman–Crippen MR) is 106 cm³/mol. The molecule has 0 aliphatic carbocycles. The molecule has 132 valence electrons. The minimum Gasteiger partial charge on any atom is -0.386 e. The molecule has 0 atom stereocenters. The second-order valence-electron chi connectivity index (χ2n) is 5.00. The third kappa shape index (κ3) is 17.4. The highest BCUT2D eigenvalue weighted by Crippen LogP contribution is 2.05. The molecule has 0 unspecified atom stereocenters. The van der Waals surface area contributed by atoms with Gasteiger partial charge in [-0.05, 0) is 74.6 Å². The average molecular weight is 368 g/mol. The van der Waals surface area contributed by atoms with E-state index in [1.54, 1.807) is 0 Å². The Kier molecular flexibility index (Phi) is 20.9. The standard InChI is InChI=1S/C15H33BO3S3/c1-20-13-7-4-10-17-16(18-11-5-8-14-21-2)19-12-6-9-15-22-3/h4-15H2,1-3H3. The van der Waals surface area contributed by atoms with Crippen LogP contribution in [0.2, 0.25) is 0 Å². The second-order valence-corrected chi connectivity index (χ2v) is 7.96. The van der Waals surface area contributed by atoms with Crippen molar-refractivity contribution in [3.8, 4) is 0 Å². The van der Waals surface area contributed by atoms with Crippen molar-refractivity contribution in [3.05, 3.63) is 0 Å². The number of unbranched alkanes of at least 4 members (excludes halogenated alkanes) is 3. The Morgan fingerprint density at radius 2 is 0.864 bits per heavy atom. The van der Waals surface area contributed by atoms with Gasteiger partial charge in [-0.15, -0.1) is 0 Å². The zero-order chi connectivity index (χ0) is 16.3. The summed E-state index contributed by atoms with van der Waals surface area (Å²) in [7, 11) is -0.474. The van der Waals surface area contributed by atoms with Crippen molar-refractivity contribution in [3.63, 3.8) is 0 Å². The molecule has 7 heteroatoms. The van der Waals surface area contributed by atoms with Gasteiger partial charge in [0.1, 0.15) is 0 Å². The third-order valence-electron chi connectivity index (χ3n) is 2.99. The van der Waals surface area contributed by atoms with E-state index >= 15 is 0 Å². The van der Waals surface area contributed by atoms with Crippen molar-refractivity contribution in [2.45, 2.75) is 38.5 Å². The highest BCUT2D eigenvalue weighted by atomic mass is 32.2. The molecule has 0 amide bonds. The molecular formula is C15H33BO3S3. The summed E-state index contributed by atoms with van der Waals surface area (Å²) < 4.78 is 17.2. The fourth-order valence-electron chi connectivity index (χ4n) is 1.73. The molecule has 0 aliphatic heterocycles. The van der Waals surface area contributed by atoms with Crippen LogP contribution >= 0.6 is 35.3 Å². The first-order valence-electron chi connectivity index (χ1n) is 8.16. The van der Waals surface area contributed by atoms with E-state index in [-0.39, 0.29) is 0 Å². The van der Waals surface area contributed by atoms with Gasteiger partial charge in [0.15, 0.2) is 0 Å². The summed E-state index contributed by atoms with van der Waals surface area (Å²) in [4.78, 5) is 0. The van der Waals surface area contributed by atoms with Gasteiger partial charge in [-0.3, -0.25) is 0 Å². The normalized spacial score (nSPS) is 11.0. The van der Waals surface area contributed by atoms with E-state index in [9.17, 15) is 0 Å². The summed E-state index contributed by atoms with van der Waals surface area (Å²) in [6, 6.07) is 0. The number of rotatable bonds is 18. The maximum atomic E-state index is 5.74. The smallest absolute Gasteiger partial charge is 0.386 e. The monoisotopic (exact) mass is 368 g/mol. The van der Waals surface area contributed by atoms with Gasteiger partial charge >= 0.3 is 7.32 Å². The molecule has 0 radical (unpaired) electrons. The van der Waals surface area contributed by atoms with Crippen LogP contribution in [-0.4, -0.2) is 63.2 Å². The minimum atomic E-state index is -0.474. The molecule has 0 heterocycles. The van der Waals surface area contributed by atoms with Crippen LogP contribution in [0.3, 0.4) is 0 Å². The highest BCUT2D eigenvalue weighted by molar-refractivity contribution is 7.98. The first-order valence-corrected chi connectivity index (χ1v) is 12.3. The lowest BCUT2D eigenvalue weighted by Crippen LogP contribution is -2.29. The number of thioether (sulfide) groups is 3. The molecular weight excluding hydrogens is 335 g/mol. The first kappa shape index (κ1) is 23.0. The van der Waals surface area contributed by atoms with Crippen LogP contribution < -0.4 is 0 Å². The lowest BCUT2D eigenvalue weighted by molar-refractivity contribution is 0.0901. The van der Waals surface area contributed by atoms with Crippen LogP contribution in [-0.2, 0) is 14.0 Å². The summed E-state index contributed by atoms with van der Waals surface area (Å²) in [5.41, 5.74) is 0. The molecule has 0 spiro atoms. The largest absolute Gasteiger partial charge is 0.639 e. The zero-order valence-electron chi connectivity index (χ0n) is 14.5. The third-order valence-corrected chi connectivity index (χ3v) is 5.08. The van der Waals surface area contributed by atoms with Gasteiger partial charge in [0.05, 0.1) is 0 Å². The van der Waals surface area contributed by atoms with Gasteiger partial charge in [0, 0.05) is 19.8 Å². The van der Waals surface area contributed by atoms with Crippen molar-refractivity contribution in [2.24, 2.45) is 0 Å². The SMILES string of the molecule is CSCCCCOB(OCCCCSC)OCCCCSC. The Hall–Kier alpha value is 0.995. The van der Waals surface area contributed by atoms with Crippen LogP contribution in [0.15, 0.2) is 0 Å². The molecule has 3 nitrogen and oxygen atoms in total. The second kappa shape index (κ2) is 20.0. The van der Waals surface area contributed by atoms with Gasteiger partial charge in [-0.1, -0.05) is 0 Å². The molecule has 0 saturated carbocycles. The van der Waals surface area contributed by atoms with Crippen LogP contribution in [0.4, 0.5) is 0 Å². The van der Waals surface area contributed by atoms with Crippen LogP contribution in [0.1, 0.15) is 38.5 Å². The predicted octanol–water partition coefficient (Wildman–Crippen LogP) is 4.45. The quantitative estimate of drug-likeness (QED) is 0.262. The molecule has 0 N–H and O–H groups in total. The van der Waals surface area contributed by atoms with Crippen molar-refractivity contribution in [1.82, 2.24) is 0 Å². The van der Waals surface area contributed by atoms with E-state index < -0.39 is 7.32 Å². The van der Waals surface area contributed by atoms with Gasteiger partial charge in [-0.25, -0.2) is 0 Å². The van der Waals surface area contributed by atoms with Crippen LogP contribution in [0.5, 0.6) is 0 Å². The Morgan fingerprint density at radius 1 is 0.545 bits per heavy atom. The molecule has 0 aliphatic rings. The molecule has 0 aromatic rings. The summed E-state index contributed by atoms with van der Waals surface area (Å²) in [6.07, 6.45) is 13.2. The summed E-state index contributed by atoms with van der Waals surface area (Å²) in [5, 5.41) is 0. The molecule has 0 saturated heterocycles. The fourth-order valence-corrected chi connectivity index (χ4v) is 3.21. The molecule has 0 rings (SSSR count). The Morgan fingerprint density at radius 3 is 1.14 bits per heavy atom. The van der Waals surface area contributed by atoms with E-state index in [0.29, 0.717) is 0 Å². The molecule has 0 aromatic heterocycles. The topological polar surface area (TPSA) is 27.7 Å². The van der Waals surface area contributed by atoms with Crippen molar-refractivity contribution >= 4 is 42.6 Å². The Labute approximate surface area is 150 Å². The zero-order valence-corrected chi connectivity index (χ0v) is 17.0. The molecule has 0 bridgehead atoms. The Bertz CT molecular complexity index is 181. The van der Waals surface area contributed by atoms with E-state index in [4.69, 9.17) is 14.0 Å². The van der Waals surface area contributed by atoms with Gasteiger partial charge < -0.3 is 14.0 Å². The van der Waals surface area contributed by atoms with Gasteiger partial charge in [0.25, 0.3) is 0 Å².